The summed E-state index contributed by atoms with van der Waals surface area (Å²) in [6.07, 6.45) is 3.86. The molecule has 0 amide bonds. The quantitative estimate of drug-likeness (QED) is 0.580. The number of carbonyl (C=O) groups excluding carboxylic acids is 1. The highest BCUT2D eigenvalue weighted by Crippen LogP contribution is 2.38. The van der Waals surface area contributed by atoms with Crippen LogP contribution in [0.15, 0.2) is 0 Å². The van der Waals surface area contributed by atoms with Crippen LogP contribution >= 0.6 is 0 Å². The van der Waals surface area contributed by atoms with Gasteiger partial charge in [0.25, 0.3) is 0 Å². The molecule has 0 unspecified atom stereocenters. The van der Waals surface area contributed by atoms with E-state index in [-0.39, 0.29) is 18.7 Å². The van der Waals surface area contributed by atoms with Gasteiger partial charge in [0.15, 0.2) is 0 Å². The lowest BCUT2D eigenvalue weighted by Crippen LogP contribution is -2.60. The Balaban J connectivity index is 2.46. The van der Waals surface area contributed by atoms with E-state index in [1.54, 1.807) is 0 Å². The molecular formula is C15H29NO4. The van der Waals surface area contributed by atoms with E-state index >= 15 is 0 Å². The highest BCUT2D eigenvalue weighted by Gasteiger charge is 2.46. The van der Waals surface area contributed by atoms with Gasteiger partial charge in [-0.05, 0) is 40.5 Å². The number of piperidine rings is 1. The molecule has 5 heteroatoms. The van der Waals surface area contributed by atoms with Gasteiger partial charge in [-0.3, -0.25) is 4.79 Å². The molecule has 0 radical (unpaired) electrons. The highest BCUT2D eigenvalue weighted by atomic mass is 16.5. The monoisotopic (exact) mass is 287 g/mol. The molecule has 0 aromatic rings. The number of aliphatic hydroxyl groups excluding tert-OH is 1. The van der Waals surface area contributed by atoms with Crippen molar-refractivity contribution < 1.29 is 19.8 Å². The van der Waals surface area contributed by atoms with Gasteiger partial charge in [-0.1, -0.05) is 6.42 Å². The van der Waals surface area contributed by atoms with Crippen molar-refractivity contribution in [1.82, 2.24) is 5.06 Å². The Hall–Kier alpha value is -0.650. The van der Waals surface area contributed by atoms with Gasteiger partial charge in [0.2, 0.25) is 0 Å². The minimum Gasteiger partial charge on any atom is -0.462 e. The smallest absolute Gasteiger partial charge is 0.306 e. The minimum absolute atomic E-state index is 0.145. The number of hydrogen-bond donors (Lipinski definition) is 2. The molecule has 5 nitrogen and oxygen atoms in total. The van der Waals surface area contributed by atoms with Crippen LogP contribution in [0.4, 0.5) is 0 Å². The Kier molecular flexibility index (Phi) is 5.98. The zero-order valence-electron chi connectivity index (χ0n) is 13.2. The number of carbonyl (C=O) groups is 1. The predicted octanol–water partition coefficient (Wildman–Crippen LogP) is 2.49. The third-order valence-electron chi connectivity index (χ3n) is 3.94. The van der Waals surface area contributed by atoms with Crippen molar-refractivity contribution in [2.45, 2.75) is 83.4 Å². The zero-order valence-corrected chi connectivity index (χ0v) is 13.2. The molecule has 0 atom stereocenters. The van der Waals surface area contributed by atoms with E-state index in [2.05, 4.69) is 0 Å². The number of rotatable bonds is 6. The molecule has 1 aliphatic rings. The summed E-state index contributed by atoms with van der Waals surface area (Å²) in [4.78, 5) is 11.8. The van der Waals surface area contributed by atoms with Crippen LogP contribution in [0.2, 0.25) is 0 Å². The lowest BCUT2D eigenvalue weighted by Gasteiger charge is -2.50. The molecule has 0 aliphatic carbocycles. The summed E-state index contributed by atoms with van der Waals surface area (Å²) in [5.74, 6) is -0.175. The summed E-state index contributed by atoms with van der Waals surface area (Å²) in [5.41, 5.74) is -0.798. The maximum Gasteiger partial charge on any atom is 0.306 e. The van der Waals surface area contributed by atoms with Crippen molar-refractivity contribution in [2.24, 2.45) is 0 Å². The van der Waals surface area contributed by atoms with Gasteiger partial charge in [-0.25, -0.2) is 0 Å². The topological polar surface area (TPSA) is 70.0 Å². The lowest BCUT2D eigenvalue weighted by molar-refractivity contribution is -0.259. The Morgan fingerprint density at radius 3 is 2.20 bits per heavy atom. The van der Waals surface area contributed by atoms with Crippen molar-refractivity contribution in [1.29, 1.82) is 0 Å². The molecule has 1 aliphatic heterocycles. The van der Waals surface area contributed by atoms with E-state index in [0.29, 0.717) is 19.3 Å². The molecule has 1 saturated heterocycles. The number of aliphatic hydroxyl groups is 1. The summed E-state index contributed by atoms with van der Waals surface area (Å²) in [5, 5.41) is 20.3. The van der Waals surface area contributed by atoms with Crippen LogP contribution in [0.25, 0.3) is 0 Å². The molecule has 2 N–H and O–H groups in total. The second-order valence-corrected chi connectivity index (χ2v) is 6.99. The van der Waals surface area contributed by atoms with Gasteiger partial charge in [0, 0.05) is 36.9 Å². The van der Waals surface area contributed by atoms with E-state index in [1.165, 1.54) is 5.06 Å². The van der Waals surface area contributed by atoms with Crippen LogP contribution in [0.1, 0.15) is 66.2 Å². The number of hydrogen-bond acceptors (Lipinski definition) is 5. The van der Waals surface area contributed by atoms with Crippen LogP contribution in [-0.2, 0) is 9.53 Å². The number of nitrogens with zero attached hydrogens (tertiary/aromatic N) is 1. The van der Waals surface area contributed by atoms with Crippen LogP contribution in [0.3, 0.4) is 0 Å². The third-order valence-corrected chi connectivity index (χ3v) is 3.94. The van der Waals surface area contributed by atoms with Crippen molar-refractivity contribution in [2.75, 3.05) is 6.61 Å². The Morgan fingerprint density at radius 2 is 1.70 bits per heavy atom. The first kappa shape index (κ1) is 17.4. The average Bonchev–Trinajstić information content (AvgIpc) is 2.31. The molecule has 20 heavy (non-hydrogen) atoms. The van der Waals surface area contributed by atoms with Crippen molar-refractivity contribution >= 4 is 5.97 Å². The van der Waals surface area contributed by atoms with Gasteiger partial charge in [0.1, 0.15) is 6.10 Å². The molecular weight excluding hydrogens is 258 g/mol. The first-order valence-corrected chi connectivity index (χ1v) is 7.48. The average molecular weight is 287 g/mol. The van der Waals surface area contributed by atoms with E-state index in [1.807, 2.05) is 27.7 Å². The van der Waals surface area contributed by atoms with Gasteiger partial charge in [0.05, 0.1) is 0 Å². The molecule has 118 valence electrons. The SMILES string of the molecule is CC1(C)CC(OC(=O)CCCCCO)CC(C)(C)N1O. The fourth-order valence-corrected chi connectivity index (χ4v) is 3.06. The lowest BCUT2D eigenvalue weighted by atomic mass is 9.80. The Labute approximate surface area is 121 Å². The van der Waals surface area contributed by atoms with Crippen molar-refractivity contribution in [3.05, 3.63) is 0 Å². The Morgan fingerprint density at radius 1 is 1.15 bits per heavy atom. The highest BCUT2D eigenvalue weighted by molar-refractivity contribution is 5.69. The standard InChI is InChI=1S/C15H29NO4/c1-14(2)10-12(11-15(3,4)16(14)19)20-13(18)8-6-5-7-9-17/h12,17,19H,5-11H2,1-4H3. The molecule has 0 bridgehead atoms. The van der Waals surface area contributed by atoms with Crippen LogP contribution in [0.5, 0.6) is 0 Å². The maximum atomic E-state index is 11.8. The van der Waals surface area contributed by atoms with Crippen molar-refractivity contribution in [3.63, 3.8) is 0 Å². The molecule has 1 fully saturated rings. The number of unbranched alkanes of at least 4 members (excludes halogenated alkanes) is 2. The van der Waals surface area contributed by atoms with Gasteiger partial charge < -0.3 is 15.1 Å². The summed E-state index contributed by atoms with van der Waals surface area (Å²) in [6, 6.07) is 0. The van der Waals surface area contributed by atoms with Gasteiger partial charge in [-0.15, -0.1) is 0 Å². The predicted molar refractivity (Wildman–Crippen MR) is 76.5 cm³/mol. The molecule has 1 rings (SSSR count). The summed E-state index contributed by atoms with van der Waals surface area (Å²) >= 11 is 0. The van der Waals surface area contributed by atoms with Crippen LogP contribution in [-0.4, -0.2) is 45.1 Å². The zero-order chi connectivity index (χ0) is 15.4. The van der Waals surface area contributed by atoms with E-state index in [0.717, 1.165) is 19.3 Å². The first-order valence-electron chi connectivity index (χ1n) is 7.48. The molecule has 1 heterocycles. The number of esters is 1. The summed E-state index contributed by atoms with van der Waals surface area (Å²) in [7, 11) is 0. The van der Waals surface area contributed by atoms with E-state index in [4.69, 9.17) is 9.84 Å². The van der Waals surface area contributed by atoms with Crippen molar-refractivity contribution in [3.8, 4) is 0 Å². The number of ether oxygens (including phenoxy) is 1. The van der Waals surface area contributed by atoms with Gasteiger partial charge >= 0.3 is 5.97 Å². The largest absolute Gasteiger partial charge is 0.462 e. The first-order chi connectivity index (χ1) is 9.19. The maximum absolute atomic E-state index is 11.8. The third kappa shape index (κ3) is 4.72. The van der Waals surface area contributed by atoms with E-state index in [9.17, 15) is 10.0 Å². The fraction of sp³-hybridized carbons (Fsp3) is 0.933. The molecule has 0 saturated carbocycles. The van der Waals surface area contributed by atoms with Gasteiger partial charge in [-0.2, -0.15) is 5.06 Å². The summed E-state index contributed by atoms with van der Waals surface area (Å²) in [6.45, 7) is 7.99. The normalized spacial score (nSPS) is 22.7. The van der Waals surface area contributed by atoms with Crippen LogP contribution in [0, 0.1) is 0 Å². The van der Waals surface area contributed by atoms with Crippen LogP contribution < -0.4 is 0 Å². The minimum atomic E-state index is -0.399. The summed E-state index contributed by atoms with van der Waals surface area (Å²) < 4.78 is 5.55. The molecule has 0 spiro atoms. The molecule has 0 aromatic carbocycles. The Bertz CT molecular complexity index is 310. The van der Waals surface area contributed by atoms with E-state index < -0.39 is 11.1 Å². The second kappa shape index (κ2) is 6.87. The second-order valence-electron chi connectivity index (χ2n) is 6.99. The molecule has 0 aromatic heterocycles. The number of hydroxylamine groups is 2. The fourth-order valence-electron chi connectivity index (χ4n) is 3.06.